The van der Waals surface area contributed by atoms with Gasteiger partial charge in [-0.15, -0.1) is 0 Å². The van der Waals surface area contributed by atoms with Crippen LogP contribution >= 0.6 is 0 Å². The number of nitrogens with one attached hydrogen (secondary N) is 3. The number of hydrogen-bond acceptors (Lipinski definition) is 4. The summed E-state index contributed by atoms with van der Waals surface area (Å²) in [5.74, 6) is -1.09. The van der Waals surface area contributed by atoms with Crippen LogP contribution in [0.1, 0.15) is 26.3 Å². The zero-order valence-corrected chi connectivity index (χ0v) is 14.1. The van der Waals surface area contributed by atoms with Crippen molar-refractivity contribution in [2.45, 2.75) is 6.54 Å². The number of fused-ring (bicyclic) bond motifs is 1. The second-order valence-corrected chi connectivity index (χ2v) is 6.02. The maximum atomic E-state index is 13.0. The summed E-state index contributed by atoms with van der Waals surface area (Å²) in [6, 6.07) is 12.4. The Labute approximate surface area is 154 Å². The first-order chi connectivity index (χ1) is 13.1. The van der Waals surface area contributed by atoms with E-state index in [9.17, 15) is 14.0 Å². The topological polar surface area (TPSA) is 83.1 Å². The van der Waals surface area contributed by atoms with Gasteiger partial charge in [-0.3, -0.25) is 14.6 Å². The lowest BCUT2D eigenvalue weighted by Gasteiger charge is -2.14. The van der Waals surface area contributed by atoms with Gasteiger partial charge in [-0.05, 0) is 48.5 Å². The molecule has 3 N–H and O–H groups in total. The third-order valence-electron chi connectivity index (χ3n) is 4.26. The van der Waals surface area contributed by atoms with Crippen LogP contribution < -0.4 is 16.0 Å². The number of carbonyl (C=O) groups is 2. The van der Waals surface area contributed by atoms with Crippen LogP contribution in [0.25, 0.3) is 0 Å². The highest BCUT2D eigenvalue weighted by atomic mass is 19.1. The maximum absolute atomic E-state index is 13.0. The predicted octanol–water partition coefficient (Wildman–Crippen LogP) is 3.46. The number of aromatic nitrogens is 1. The van der Waals surface area contributed by atoms with E-state index >= 15 is 0 Å². The second kappa shape index (κ2) is 6.87. The van der Waals surface area contributed by atoms with Gasteiger partial charge >= 0.3 is 0 Å². The van der Waals surface area contributed by atoms with E-state index in [-0.39, 0.29) is 5.91 Å². The Morgan fingerprint density at radius 3 is 2.59 bits per heavy atom. The lowest BCUT2D eigenvalue weighted by atomic mass is 10.0. The zero-order chi connectivity index (χ0) is 18.8. The molecule has 0 bridgehead atoms. The van der Waals surface area contributed by atoms with Crippen LogP contribution in [0.5, 0.6) is 0 Å². The highest BCUT2D eigenvalue weighted by Crippen LogP contribution is 2.32. The van der Waals surface area contributed by atoms with Crippen LogP contribution in [0.2, 0.25) is 0 Å². The van der Waals surface area contributed by atoms with E-state index in [0.29, 0.717) is 23.4 Å². The fourth-order valence-electron chi connectivity index (χ4n) is 2.96. The molecule has 0 atom stereocenters. The number of benzene rings is 2. The predicted molar refractivity (Wildman–Crippen MR) is 99.5 cm³/mol. The maximum Gasteiger partial charge on any atom is 0.255 e. The summed E-state index contributed by atoms with van der Waals surface area (Å²) >= 11 is 0. The van der Waals surface area contributed by atoms with Crippen molar-refractivity contribution in [2.75, 3.05) is 10.6 Å². The third-order valence-corrected chi connectivity index (χ3v) is 4.26. The number of nitrogens with zero attached hydrogens (tertiary/aromatic N) is 1. The van der Waals surface area contributed by atoms with Crippen molar-refractivity contribution < 1.29 is 14.0 Å². The van der Waals surface area contributed by atoms with Crippen LogP contribution in [0.3, 0.4) is 0 Å². The van der Waals surface area contributed by atoms with Crippen LogP contribution in [-0.4, -0.2) is 16.8 Å². The summed E-state index contributed by atoms with van der Waals surface area (Å²) in [6.45, 7) is 0.358. The number of pyridine rings is 1. The van der Waals surface area contributed by atoms with Crippen LogP contribution in [-0.2, 0) is 6.54 Å². The molecule has 1 aromatic heterocycles. The van der Waals surface area contributed by atoms with Crippen molar-refractivity contribution in [3.8, 4) is 0 Å². The van der Waals surface area contributed by atoms with Gasteiger partial charge in [-0.2, -0.15) is 0 Å². The summed E-state index contributed by atoms with van der Waals surface area (Å²) in [7, 11) is 0. The molecule has 2 amide bonds. The molecule has 4 rings (SSSR count). The summed E-state index contributed by atoms with van der Waals surface area (Å²) in [5, 5.41) is 8.75. The average Bonchev–Trinajstić information content (AvgIpc) is 3.07. The number of hydrogen-bond donors (Lipinski definition) is 3. The quantitative estimate of drug-likeness (QED) is 0.664. The Morgan fingerprint density at radius 2 is 1.85 bits per heavy atom. The van der Waals surface area contributed by atoms with Crippen LogP contribution in [0.4, 0.5) is 21.5 Å². The second-order valence-electron chi connectivity index (χ2n) is 6.02. The van der Waals surface area contributed by atoms with E-state index in [2.05, 4.69) is 20.9 Å². The monoisotopic (exact) mass is 362 g/mol. The van der Waals surface area contributed by atoms with Gasteiger partial charge in [0.2, 0.25) is 0 Å². The molecule has 3 aromatic rings. The fourth-order valence-corrected chi connectivity index (χ4v) is 2.96. The first-order valence-corrected chi connectivity index (χ1v) is 8.30. The van der Waals surface area contributed by atoms with E-state index in [1.54, 1.807) is 24.5 Å². The molecular formula is C20H15FN4O2. The lowest BCUT2D eigenvalue weighted by Crippen LogP contribution is -2.17. The number of anilines is 3. The minimum Gasteiger partial charge on any atom is -0.354 e. The average molecular weight is 362 g/mol. The number of carbonyl (C=O) groups excluding carboxylic acids is 2. The Balaban J connectivity index is 1.64. The molecule has 1 aliphatic heterocycles. The van der Waals surface area contributed by atoms with Gasteiger partial charge in [0.25, 0.3) is 11.8 Å². The Morgan fingerprint density at radius 1 is 1.07 bits per heavy atom. The van der Waals surface area contributed by atoms with Gasteiger partial charge in [0.05, 0.1) is 23.1 Å². The number of rotatable bonds is 4. The molecular weight excluding hydrogens is 347 g/mol. The molecule has 0 saturated heterocycles. The molecule has 2 aromatic carbocycles. The smallest absolute Gasteiger partial charge is 0.255 e. The first-order valence-electron chi connectivity index (χ1n) is 8.30. The standard InChI is InChI=1S/C20H15FN4O2/c21-13-5-3-12(4-6-13)19(26)25-17-8-7-16(15-11-23-20(27)18(15)17)24-14-2-1-9-22-10-14/h1-10,24H,11H2,(H,23,27)(H,25,26). The zero-order valence-electron chi connectivity index (χ0n) is 14.1. The Kier molecular flexibility index (Phi) is 4.25. The summed E-state index contributed by atoms with van der Waals surface area (Å²) in [4.78, 5) is 28.8. The first kappa shape index (κ1) is 16.7. The van der Waals surface area contributed by atoms with Gasteiger partial charge in [-0.25, -0.2) is 4.39 Å². The van der Waals surface area contributed by atoms with Crippen molar-refractivity contribution in [3.63, 3.8) is 0 Å². The Hall–Kier alpha value is -3.74. The molecule has 0 saturated carbocycles. The lowest BCUT2D eigenvalue weighted by molar-refractivity contribution is 0.0966. The Bertz CT molecular complexity index is 1020. The molecule has 134 valence electrons. The highest BCUT2D eigenvalue weighted by Gasteiger charge is 2.26. The molecule has 27 heavy (non-hydrogen) atoms. The van der Waals surface area contributed by atoms with Gasteiger partial charge < -0.3 is 16.0 Å². The van der Waals surface area contributed by atoms with E-state index in [4.69, 9.17) is 0 Å². The summed E-state index contributed by atoms with van der Waals surface area (Å²) < 4.78 is 13.0. The van der Waals surface area contributed by atoms with Crippen LogP contribution in [0, 0.1) is 5.82 Å². The molecule has 0 aliphatic carbocycles. The van der Waals surface area contributed by atoms with Crippen molar-refractivity contribution in [1.29, 1.82) is 0 Å². The molecule has 0 fully saturated rings. The SMILES string of the molecule is O=C(Nc1ccc(Nc2cccnc2)c2c1C(=O)NC2)c1ccc(F)cc1. The van der Waals surface area contributed by atoms with Gasteiger partial charge in [0.1, 0.15) is 5.82 Å². The van der Waals surface area contributed by atoms with Crippen molar-refractivity contribution in [3.05, 3.63) is 83.4 Å². The van der Waals surface area contributed by atoms with Gasteiger partial charge in [-0.1, -0.05) is 0 Å². The van der Waals surface area contributed by atoms with E-state index < -0.39 is 11.7 Å². The van der Waals surface area contributed by atoms with Crippen LogP contribution in [0.15, 0.2) is 60.9 Å². The van der Waals surface area contributed by atoms with E-state index in [1.807, 2.05) is 12.1 Å². The molecule has 0 spiro atoms. The largest absolute Gasteiger partial charge is 0.354 e. The molecule has 1 aliphatic rings. The normalized spacial score (nSPS) is 12.3. The fraction of sp³-hybridized carbons (Fsp3) is 0.0500. The van der Waals surface area contributed by atoms with Gasteiger partial charge in [0.15, 0.2) is 0 Å². The number of amides is 2. The van der Waals surface area contributed by atoms with Crippen molar-refractivity contribution >= 4 is 28.9 Å². The minimum atomic E-state index is -0.419. The van der Waals surface area contributed by atoms with Crippen molar-refractivity contribution in [2.24, 2.45) is 0 Å². The third kappa shape index (κ3) is 3.35. The molecule has 2 heterocycles. The molecule has 7 heteroatoms. The van der Waals surface area contributed by atoms with Crippen molar-refractivity contribution in [1.82, 2.24) is 10.3 Å². The van der Waals surface area contributed by atoms with E-state index in [0.717, 1.165) is 16.9 Å². The summed E-state index contributed by atoms with van der Waals surface area (Å²) in [5.41, 5.74) is 3.45. The summed E-state index contributed by atoms with van der Waals surface area (Å²) in [6.07, 6.45) is 3.36. The van der Waals surface area contributed by atoms with Gasteiger partial charge in [0, 0.05) is 29.6 Å². The molecule has 0 radical (unpaired) electrons. The highest BCUT2D eigenvalue weighted by molar-refractivity contribution is 6.11. The molecule has 6 nitrogen and oxygen atoms in total. The minimum absolute atomic E-state index is 0.255. The molecule has 0 unspecified atom stereocenters. The number of halogens is 1. The van der Waals surface area contributed by atoms with E-state index in [1.165, 1.54) is 24.3 Å².